The van der Waals surface area contributed by atoms with Crippen LogP contribution in [0.15, 0.2) is 4.52 Å². The molecule has 10 heteroatoms. The van der Waals surface area contributed by atoms with Crippen LogP contribution in [0.2, 0.25) is 0 Å². The van der Waals surface area contributed by atoms with Crippen molar-refractivity contribution in [3.8, 4) is 0 Å². The maximum atomic E-state index is 14.0. The molecular formula is C16H22FN5O3S. The Morgan fingerprint density at radius 1 is 1.50 bits per heavy atom. The lowest BCUT2D eigenvalue weighted by Crippen LogP contribution is -2.42. The van der Waals surface area contributed by atoms with Crippen LogP contribution in [0.1, 0.15) is 43.3 Å². The summed E-state index contributed by atoms with van der Waals surface area (Å²) in [7, 11) is 0. The lowest BCUT2D eigenvalue weighted by molar-refractivity contribution is -0.114. The number of carbonyl (C=O) groups excluding carboxylic acids is 1. The van der Waals surface area contributed by atoms with E-state index in [4.69, 9.17) is 9.26 Å². The van der Waals surface area contributed by atoms with Crippen molar-refractivity contribution in [1.29, 1.82) is 0 Å². The molecule has 0 spiro atoms. The summed E-state index contributed by atoms with van der Waals surface area (Å²) in [5.41, 5.74) is 0. The van der Waals surface area contributed by atoms with Gasteiger partial charge in [0.15, 0.2) is 11.0 Å². The highest BCUT2D eigenvalue weighted by Crippen LogP contribution is 2.27. The van der Waals surface area contributed by atoms with E-state index < -0.39 is 5.95 Å². The Morgan fingerprint density at radius 2 is 2.31 bits per heavy atom. The number of anilines is 1. The molecular weight excluding hydrogens is 361 g/mol. The largest absolute Gasteiger partial charge is 0.370 e. The minimum atomic E-state index is -0.517. The van der Waals surface area contributed by atoms with Gasteiger partial charge in [0.05, 0.1) is 11.0 Å². The summed E-state index contributed by atoms with van der Waals surface area (Å²) in [5.74, 6) is 0.303. The van der Waals surface area contributed by atoms with Gasteiger partial charge in [-0.3, -0.25) is 9.69 Å². The number of aromatic nitrogens is 3. The van der Waals surface area contributed by atoms with Crippen LogP contribution in [0.3, 0.4) is 0 Å². The Kier molecular flexibility index (Phi) is 5.94. The fraction of sp³-hybridized carbons (Fsp3) is 0.625. The van der Waals surface area contributed by atoms with Crippen LogP contribution < -0.4 is 5.32 Å². The number of piperidine rings is 1. The number of thiazole rings is 1. The van der Waals surface area contributed by atoms with E-state index in [0.29, 0.717) is 34.9 Å². The van der Waals surface area contributed by atoms with Crippen LogP contribution in [-0.2, 0) is 22.7 Å². The topological polar surface area (TPSA) is 93.4 Å². The molecule has 0 radical (unpaired) electrons. The van der Waals surface area contributed by atoms with Crippen molar-refractivity contribution in [2.24, 2.45) is 0 Å². The first-order valence-electron chi connectivity index (χ1n) is 8.48. The Balaban J connectivity index is 1.51. The molecule has 2 aromatic heterocycles. The molecule has 3 heterocycles. The smallest absolute Gasteiger partial charge is 0.230 e. The minimum Gasteiger partial charge on any atom is -0.370 e. The third kappa shape index (κ3) is 4.83. The molecule has 0 aromatic carbocycles. The second-order valence-electron chi connectivity index (χ2n) is 6.42. The molecule has 1 aliphatic heterocycles. The monoisotopic (exact) mass is 383 g/mol. The number of ether oxygens (including phenoxy) is 1. The Bertz CT molecular complexity index is 765. The summed E-state index contributed by atoms with van der Waals surface area (Å²) in [5, 5.41) is 6.65. The summed E-state index contributed by atoms with van der Waals surface area (Å²) in [6, 6.07) is 0.242. The lowest BCUT2D eigenvalue weighted by atomic mass is 10.0. The average Bonchev–Trinajstić information content (AvgIpc) is 3.13. The van der Waals surface area contributed by atoms with E-state index in [-0.39, 0.29) is 18.1 Å². The van der Waals surface area contributed by atoms with Crippen molar-refractivity contribution in [3.05, 3.63) is 22.5 Å². The molecule has 1 amide bonds. The summed E-state index contributed by atoms with van der Waals surface area (Å²) < 4.78 is 24.8. The standard InChI is InChI=1S/C16H22FN5O3S/c1-9-6-12(24-8-14-19-11(3)25-21-14)4-5-22(9)7-13-15(17)20-16(26-13)18-10(2)23/h9,12H,4-8H2,1-3H3,(H,18,20,23)/t9-,12?/m0/s1. The number of carbonyl (C=O) groups is 1. The molecule has 1 N–H and O–H groups in total. The van der Waals surface area contributed by atoms with Crippen molar-refractivity contribution >= 4 is 22.4 Å². The van der Waals surface area contributed by atoms with Crippen molar-refractivity contribution in [2.45, 2.75) is 58.9 Å². The highest BCUT2D eigenvalue weighted by atomic mass is 32.1. The molecule has 2 atom stereocenters. The van der Waals surface area contributed by atoms with Crippen molar-refractivity contribution in [3.63, 3.8) is 0 Å². The Labute approximate surface area is 154 Å². The van der Waals surface area contributed by atoms with E-state index in [1.165, 1.54) is 18.3 Å². The van der Waals surface area contributed by atoms with Crippen molar-refractivity contribution in [2.75, 3.05) is 11.9 Å². The van der Waals surface area contributed by atoms with E-state index >= 15 is 0 Å². The molecule has 0 saturated carbocycles. The molecule has 8 nitrogen and oxygen atoms in total. The van der Waals surface area contributed by atoms with Crippen molar-refractivity contribution in [1.82, 2.24) is 20.0 Å². The Morgan fingerprint density at radius 3 is 2.96 bits per heavy atom. The first-order chi connectivity index (χ1) is 12.4. The third-order valence-corrected chi connectivity index (χ3v) is 5.19. The number of rotatable bonds is 6. The van der Waals surface area contributed by atoms with Gasteiger partial charge in [0.1, 0.15) is 6.61 Å². The predicted molar refractivity (Wildman–Crippen MR) is 93.1 cm³/mol. The number of nitrogens with zero attached hydrogens (tertiary/aromatic N) is 4. The van der Waals surface area contributed by atoms with Gasteiger partial charge in [0.25, 0.3) is 0 Å². The van der Waals surface area contributed by atoms with Crippen LogP contribution in [0, 0.1) is 12.9 Å². The third-order valence-electron chi connectivity index (χ3n) is 4.26. The summed E-state index contributed by atoms with van der Waals surface area (Å²) >= 11 is 1.18. The zero-order chi connectivity index (χ0) is 18.7. The normalized spacial score (nSPS) is 21.1. The van der Waals surface area contributed by atoms with Crippen LogP contribution in [0.4, 0.5) is 9.52 Å². The zero-order valence-corrected chi connectivity index (χ0v) is 15.8. The zero-order valence-electron chi connectivity index (χ0n) is 15.0. The lowest BCUT2D eigenvalue weighted by Gasteiger charge is -2.37. The maximum Gasteiger partial charge on any atom is 0.230 e. The van der Waals surface area contributed by atoms with Crippen molar-refractivity contribution < 1.29 is 18.4 Å². The number of hydrogen-bond donors (Lipinski definition) is 1. The van der Waals surface area contributed by atoms with E-state index in [1.54, 1.807) is 6.92 Å². The number of nitrogens with one attached hydrogen (secondary N) is 1. The summed E-state index contributed by atoms with van der Waals surface area (Å²) in [6.07, 6.45) is 1.80. The fourth-order valence-corrected chi connectivity index (χ4v) is 3.89. The number of halogens is 1. The number of hydrogen-bond acceptors (Lipinski definition) is 8. The molecule has 0 bridgehead atoms. The summed E-state index contributed by atoms with van der Waals surface area (Å²) in [6.45, 7) is 6.82. The van der Waals surface area contributed by atoms with Crippen LogP contribution >= 0.6 is 11.3 Å². The predicted octanol–water partition coefficient (Wildman–Crippen LogP) is 2.50. The van der Waals surface area contributed by atoms with Gasteiger partial charge in [-0.1, -0.05) is 16.5 Å². The highest BCUT2D eigenvalue weighted by molar-refractivity contribution is 7.15. The molecule has 26 heavy (non-hydrogen) atoms. The second-order valence-corrected chi connectivity index (χ2v) is 7.50. The van der Waals surface area contributed by atoms with Gasteiger partial charge >= 0.3 is 0 Å². The molecule has 1 saturated heterocycles. The van der Waals surface area contributed by atoms with Crippen LogP contribution in [0.25, 0.3) is 0 Å². The van der Waals surface area contributed by atoms with Gasteiger partial charge in [-0.15, -0.1) is 0 Å². The first kappa shape index (κ1) is 18.9. The van der Waals surface area contributed by atoms with Gasteiger partial charge in [-0.05, 0) is 19.8 Å². The average molecular weight is 383 g/mol. The molecule has 0 aliphatic carbocycles. The van der Waals surface area contributed by atoms with Gasteiger partial charge in [0.2, 0.25) is 17.7 Å². The molecule has 1 aliphatic rings. The van der Waals surface area contributed by atoms with E-state index in [0.717, 1.165) is 19.4 Å². The molecule has 2 aromatic rings. The fourth-order valence-electron chi connectivity index (χ4n) is 2.98. The summed E-state index contributed by atoms with van der Waals surface area (Å²) in [4.78, 5) is 21.7. The van der Waals surface area contributed by atoms with E-state index in [9.17, 15) is 9.18 Å². The molecule has 142 valence electrons. The Hall–Kier alpha value is -1.91. The van der Waals surface area contributed by atoms with Gasteiger partial charge < -0.3 is 14.6 Å². The van der Waals surface area contributed by atoms with Gasteiger partial charge in [-0.25, -0.2) is 0 Å². The number of aryl methyl sites for hydroxylation is 1. The molecule has 3 rings (SSSR count). The maximum absolute atomic E-state index is 14.0. The number of likely N-dealkylation sites (tertiary alicyclic amines) is 1. The van der Waals surface area contributed by atoms with Gasteiger partial charge in [-0.2, -0.15) is 14.4 Å². The van der Waals surface area contributed by atoms with Gasteiger partial charge in [0, 0.05) is 33.0 Å². The molecule has 1 unspecified atom stereocenters. The minimum absolute atomic E-state index is 0.112. The quantitative estimate of drug-likeness (QED) is 0.819. The SMILES string of the molecule is CC(=O)Nc1nc(F)c(CN2CCC(OCc3noc(C)n3)C[C@@H]2C)s1. The van der Waals surface area contributed by atoms with E-state index in [2.05, 4.69) is 32.3 Å². The van der Waals surface area contributed by atoms with Crippen LogP contribution in [-0.4, -0.2) is 44.6 Å². The van der Waals surface area contributed by atoms with Crippen LogP contribution in [0.5, 0.6) is 0 Å². The van der Waals surface area contributed by atoms with E-state index in [1.807, 2.05) is 0 Å². The second kappa shape index (κ2) is 8.19. The number of amides is 1. The first-order valence-corrected chi connectivity index (χ1v) is 9.30. The molecule has 1 fully saturated rings. The highest BCUT2D eigenvalue weighted by Gasteiger charge is 2.28.